The highest BCUT2D eigenvalue weighted by Gasteiger charge is 2.52. The summed E-state index contributed by atoms with van der Waals surface area (Å²) in [6, 6.07) is 1.35. The Morgan fingerprint density at radius 2 is 1.79 bits per heavy atom. The van der Waals surface area contributed by atoms with Crippen LogP contribution in [-0.2, 0) is 9.31 Å². The molecule has 2 heterocycles. The van der Waals surface area contributed by atoms with Crippen LogP contribution >= 0.6 is 0 Å². The molecule has 2 rings (SSSR count). The molecule has 1 saturated heterocycles. The van der Waals surface area contributed by atoms with Gasteiger partial charge in [0.2, 0.25) is 0 Å². The van der Waals surface area contributed by atoms with Crippen LogP contribution in [-0.4, -0.2) is 28.4 Å². The first-order valence-corrected chi connectivity index (χ1v) is 6.45. The van der Waals surface area contributed by atoms with E-state index in [1.54, 1.807) is 19.2 Å². The molecule has 104 valence electrons. The van der Waals surface area contributed by atoms with Crippen LogP contribution in [0.15, 0.2) is 12.3 Å². The number of hydrogen-bond donors (Lipinski definition) is 2. The zero-order valence-electron chi connectivity index (χ0n) is 12.1. The van der Waals surface area contributed by atoms with Gasteiger partial charge in [0.1, 0.15) is 5.75 Å². The molecule has 1 aliphatic heterocycles. The summed E-state index contributed by atoms with van der Waals surface area (Å²) in [4.78, 5) is 4.10. The first-order valence-electron chi connectivity index (χ1n) is 6.45. The topological polar surface area (TPSA) is 77.6 Å². The quantitative estimate of drug-likeness (QED) is 0.782. The van der Waals surface area contributed by atoms with Crippen molar-refractivity contribution in [3.63, 3.8) is 0 Å². The van der Waals surface area contributed by atoms with Gasteiger partial charge in [-0.3, -0.25) is 4.98 Å². The molecule has 3 N–H and O–H groups in total. The van der Waals surface area contributed by atoms with Gasteiger partial charge in [0, 0.05) is 17.7 Å². The van der Waals surface area contributed by atoms with Gasteiger partial charge in [-0.2, -0.15) is 0 Å². The second-order valence-corrected chi connectivity index (χ2v) is 6.01. The van der Waals surface area contributed by atoms with Gasteiger partial charge in [-0.1, -0.05) is 0 Å². The van der Waals surface area contributed by atoms with Gasteiger partial charge in [-0.05, 0) is 40.7 Å². The van der Waals surface area contributed by atoms with E-state index in [1.807, 2.05) is 27.7 Å². The number of aromatic hydroxyl groups is 1. The van der Waals surface area contributed by atoms with Crippen LogP contribution in [0.4, 0.5) is 0 Å². The van der Waals surface area contributed by atoms with Crippen LogP contribution in [0.5, 0.6) is 5.75 Å². The van der Waals surface area contributed by atoms with E-state index in [-0.39, 0.29) is 11.8 Å². The number of aromatic nitrogens is 1. The molecule has 0 spiro atoms. The molecular formula is C13H21BN2O3. The third kappa shape index (κ3) is 2.36. The van der Waals surface area contributed by atoms with Gasteiger partial charge in [-0.15, -0.1) is 0 Å². The normalized spacial score (nSPS) is 22.5. The number of hydrogen-bond acceptors (Lipinski definition) is 5. The van der Waals surface area contributed by atoms with Crippen molar-refractivity contribution in [3.8, 4) is 5.75 Å². The van der Waals surface area contributed by atoms with Gasteiger partial charge in [-0.25, -0.2) is 0 Å². The summed E-state index contributed by atoms with van der Waals surface area (Å²) in [5.41, 5.74) is 5.92. The standard InChI is InChI=1S/C13H21BN2O3/c1-8(15)10-11(17)9(6-7-16-10)14-18-12(2,3)13(4,5)19-14/h6-8,17H,15H2,1-5H3. The summed E-state index contributed by atoms with van der Waals surface area (Å²) in [6.45, 7) is 9.65. The summed E-state index contributed by atoms with van der Waals surface area (Å²) in [5.74, 6) is 0.0519. The van der Waals surface area contributed by atoms with Crippen molar-refractivity contribution in [2.45, 2.75) is 51.9 Å². The maximum absolute atomic E-state index is 10.3. The summed E-state index contributed by atoms with van der Waals surface area (Å²) in [5, 5.41) is 10.3. The van der Waals surface area contributed by atoms with Crippen LogP contribution in [0.1, 0.15) is 46.4 Å². The fourth-order valence-corrected chi connectivity index (χ4v) is 1.98. The van der Waals surface area contributed by atoms with Crippen molar-refractivity contribution < 1.29 is 14.4 Å². The summed E-state index contributed by atoms with van der Waals surface area (Å²) in [7, 11) is -0.606. The second-order valence-electron chi connectivity index (χ2n) is 6.01. The molecule has 0 bridgehead atoms. The van der Waals surface area contributed by atoms with Gasteiger partial charge in [0.25, 0.3) is 0 Å². The molecule has 5 nitrogen and oxygen atoms in total. The maximum atomic E-state index is 10.3. The Morgan fingerprint density at radius 3 is 2.26 bits per heavy atom. The van der Waals surface area contributed by atoms with Gasteiger partial charge in [0.05, 0.1) is 16.9 Å². The predicted molar refractivity (Wildman–Crippen MR) is 74.2 cm³/mol. The lowest BCUT2D eigenvalue weighted by Crippen LogP contribution is -2.41. The van der Waals surface area contributed by atoms with Crippen LogP contribution in [0, 0.1) is 0 Å². The Bertz CT molecular complexity index is 473. The third-order valence-corrected chi connectivity index (χ3v) is 3.92. The Hall–Kier alpha value is -1.11. The van der Waals surface area contributed by atoms with Crippen LogP contribution < -0.4 is 11.2 Å². The van der Waals surface area contributed by atoms with E-state index in [2.05, 4.69) is 4.98 Å². The molecule has 1 unspecified atom stereocenters. The molecule has 0 radical (unpaired) electrons. The number of pyridine rings is 1. The number of rotatable bonds is 2. The molecule has 1 aliphatic rings. The molecular weight excluding hydrogens is 243 g/mol. The highest BCUT2D eigenvalue weighted by atomic mass is 16.7. The fraction of sp³-hybridized carbons (Fsp3) is 0.615. The van der Waals surface area contributed by atoms with E-state index in [9.17, 15) is 5.11 Å². The smallest absolute Gasteiger partial charge is 0.498 e. The van der Waals surface area contributed by atoms with Crippen LogP contribution in [0.25, 0.3) is 0 Å². The van der Waals surface area contributed by atoms with E-state index >= 15 is 0 Å². The summed E-state index contributed by atoms with van der Waals surface area (Å²) in [6.07, 6.45) is 1.61. The molecule has 0 aliphatic carbocycles. The number of nitrogens with two attached hydrogens (primary N) is 1. The van der Waals surface area contributed by atoms with Crippen molar-refractivity contribution in [1.29, 1.82) is 0 Å². The fourth-order valence-electron chi connectivity index (χ4n) is 1.98. The number of nitrogens with zero attached hydrogens (tertiary/aromatic N) is 1. The van der Waals surface area contributed by atoms with Crippen molar-refractivity contribution in [2.75, 3.05) is 0 Å². The first-order chi connectivity index (χ1) is 8.66. The van der Waals surface area contributed by atoms with E-state index < -0.39 is 18.3 Å². The highest BCUT2D eigenvalue weighted by molar-refractivity contribution is 6.63. The Kier molecular flexibility index (Phi) is 3.37. The molecule has 1 aromatic heterocycles. The lowest BCUT2D eigenvalue weighted by Gasteiger charge is -2.32. The van der Waals surface area contributed by atoms with Gasteiger partial charge in [0.15, 0.2) is 0 Å². The van der Waals surface area contributed by atoms with Crippen molar-refractivity contribution in [2.24, 2.45) is 5.73 Å². The SMILES string of the molecule is CC(N)c1nccc(B2OC(C)(C)C(C)(C)O2)c1O. The zero-order chi connectivity index (χ0) is 14.4. The minimum atomic E-state index is -0.606. The molecule has 1 atom stereocenters. The van der Waals surface area contributed by atoms with Gasteiger partial charge >= 0.3 is 7.12 Å². The molecule has 0 aromatic carbocycles. The highest BCUT2D eigenvalue weighted by Crippen LogP contribution is 2.37. The molecule has 1 fully saturated rings. The third-order valence-electron chi connectivity index (χ3n) is 3.92. The minimum Gasteiger partial charge on any atom is -0.506 e. The monoisotopic (exact) mass is 264 g/mol. The lowest BCUT2D eigenvalue weighted by atomic mass is 9.78. The maximum Gasteiger partial charge on any atom is 0.498 e. The van der Waals surface area contributed by atoms with Crippen molar-refractivity contribution in [1.82, 2.24) is 4.98 Å². The average Bonchev–Trinajstić information content (AvgIpc) is 2.47. The average molecular weight is 264 g/mol. The Labute approximate surface area is 114 Å². The van der Waals surface area contributed by atoms with Crippen molar-refractivity contribution >= 4 is 12.6 Å². The van der Waals surface area contributed by atoms with Gasteiger partial charge < -0.3 is 20.1 Å². The Balaban J connectivity index is 2.38. The largest absolute Gasteiger partial charge is 0.506 e. The van der Waals surface area contributed by atoms with E-state index in [4.69, 9.17) is 15.0 Å². The Morgan fingerprint density at radius 1 is 1.26 bits per heavy atom. The van der Waals surface area contributed by atoms with Crippen LogP contribution in [0.2, 0.25) is 0 Å². The van der Waals surface area contributed by atoms with Crippen molar-refractivity contribution in [3.05, 3.63) is 18.0 Å². The minimum absolute atomic E-state index is 0.0519. The molecule has 0 amide bonds. The van der Waals surface area contributed by atoms with E-state index in [0.717, 1.165) is 0 Å². The zero-order valence-corrected chi connectivity index (χ0v) is 12.1. The second kappa shape index (κ2) is 4.47. The molecule has 6 heteroatoms. The molecule has 0 saturated carbocycles. The molecule has 1 aromatic rings. The summed E-state index contributed by atoms with van der Waals surface area (Å²) < 4.78 is 11.8. The van der Waals surface area contributed by atoms with E-state index in [0.29, 0.717) is 11.2 Å². The van der Waals surface area contributed by atoms with E-state index in [1.165, 1.54) is 0 Å². The first kappa shape index (κ1) is 14.3. The lowest BCUT2D eigenvalue weighted by molar-refractivity contribution is 0.00578. The molecule has 19 heavy (non-hydrogen) atoms. The van der Waals surface area contributed by atoms with Crippen LogP contribution in [0.3, 0.4) is 0 Å². The predicted octanol–water partition coefficient (Wildman–Crippen LogP) is 1.11. The summed E-state index contributed by atoms with van der Waals surface area (Å²) >= 11 is 0.